The Balaban J connectivity index is 1.38. The maximum Gasteiger partial charge on any atom is 0.119 e. The predicted molar refractivity (Wildman–Crippen MR) is 106 cm³/mol. The molecule has 2 aromatic carbocycles. The van der Waals surface area contributed by atoms with Gasteiger partial charge in [0.2, 0.25) is 0 Å². The summed E-state index contributed by atoms with van der Waals surface area (Å²) >= 11 is 0. The Hall–Kier alpha value is -2.04. The van der Waals surface area contributed by atoms with Crippen LogP contribution in [0, 0.1) is 0 Å². The van der Waals surface area contributed by atoms with Gasteiger partial charge < -0.3 is 19.3 Å². The minimum Gasteiger partial charge on any atom is -0.497 e. The van der Waals surface area contributed by atoms with E-state index < -0.39 is 0 Å². The van der Waals surface area contributed by atoms with Crippen LogP contribution >= 0.6 is 0 Å². The van der Waals surface area contributed by atoms with Crippen LogP contribution in [0.25, 0.3) is 0 Å². The van der Waals surface area contributed by atoms with Crippen molar-refractivity contribution < 1.29 is 9.47 Å². The van der Waals surface area contributed by atoms with Gasteiger partial charge >= 0.3 is 0 Å². The molecule has 1 heterocycles. The first kappa shape index (κ1) is 18.7. The number of hydrogen-bond acceptors (Lipinski definition) is 4. The lowest BCUT2D eigenvalue weighted by Crippen LogP contribution is -2.44. The Labute approximate surface area is 157 Å². The number of ether oxygens (including phenoxy) is 2. The number of piperazine rings is 1. The third-order valence-corrected chi connectivity index (χ3v) is 5.02. The average Bonchev–Trinajstić information content (AvgIpc) is 2.69. The van der Waals surface area contributed by atoms with E-state index in [0.29, 0.717) is 6.61 Å². The van der Waals surface area contributed by atoms with E-state index in [9.17, 15) is 0 Å². The zero-order chi connectivity index (χ0) is 18.2. The lowest BCUT2D eigenvalue weighted by atomic mass is 10.1. The molecule has 4 heteroatoms. The van der Waals surface area contributed by atoms with Gasteiger partial charge in [0.15, 0.2) is 0 Å². The Bertz CT molecular complexity index is 647. The molecule has 26 heavy (non-hydrogen) atoms. The molecule has 1 fully saturated rings. The van der Waals surface area contributed by atoms with Crippen LogP contribution < -0.4 is 9.47 Å². The molecule has 0 bridgehead atoms. The highest BCUT2D eigenvalue weighted by atomic mass is 16.5. The maximum atomic E-state index is 5.88. The van der Waals surface area contributed by atoms with E-state index in [2.05, 4.69) is 41.1 Å². The van der Waals surface area contributed by atoms with E-state index in [-0.39, 0.29) is 0 Å². The molecular weight excluding hydrogens is 324 g/mol. The molecule has 140 valence electrons. The molecular formula is C22H30N2O2. The van der Waals surface area contributed by atoms with Gasteiger partial charge in [-0.25, -0.2) is 0 Å². The largest absolute Gasteiger partial charge is 0.497 e. The van der Waals surface area contributed by atoms with Gasteiger partial charge in [0.05, 0.1) is 7.11 Å². The topological polar surface area (TPSA) is 24.9 Å². The van der Waals surface area contributed by atoms with Crippen molar-refractivity contribution >= 4 is 0 Å². The highest BCUT2D eigenvalue weighted by Crippen LogP contribution is 2.17. The van der Waals surface area contributed by atoms with E-state index in [4.69, 9.17) is 9.47 Å². The van der Waals surface area contributed by atoms with Crippen LogP contribution in [0.3, 0.4) is 0 Å². The average molecular weight is 354 g/mol. The third kappa shape index (κ3) is 5.75. The molecule has 1 aliphatic rings. The summed E-state index contributed by atoms with van der Waals surface area (Å²) in [6.45, 7) is 6.57. The Morgan fingerprint density at radius 3 is 2.08 bits per heavy atom. The summed E-state index contributed by atoms with van der Waals surface area (Å²) in [6, 6.07) is 16.5. The van der Waals surface area contributed by atoms with Crippen molar-refractivity contribution in [3.8, 4) is 11.5 Å². The van der Waals surface area contributed by atoms with Crippen molar-refractivity contribution in [2.75, 3.05) is 46.9 Å². The van der Waals surface area contributed by atoms with Crippen LogP contribution in [0.2, 0.25) is 0 Å². The Morgan fingerprint density at radius 1 is 0.808 bits per heavy atom. The number of rotatable bonds is 8. The molecule has 3 rings (SSSR count). The van der Waals surface area contributed by atoms with Gasteiger partial charge in [-0.1, -0.05) is 24.3 Å². The standard InChI is InChI=1S/C22H30N2O2/c1-23-14-16-24(17-15-23)13-3-4-19-5-11-22(12-6-19)26-18-20-7-9-21(25-2)10-8-20/h5-12H,3-4,13-18H2,1-2H3. The second-order valence-electron chi connectivity index (χ2n) is 7.03. The van der Waals surface area contributed by atoms with Crippen LogP contribution in [0.1, 0.15) is 17.5 Å². The first-order valence-electron chi connectivity index (χ1n) is 9.48. The SMILES string of the molecule is COc1ccc(COc2ccc(CCCN3CCN(C)CC3)cc2)cc1. The first-order chi connectivity index (χ1) is 12.7. The minimum absolute atomic E-state index is 0.576. The van der Waals surface area contributed by atoms with Crippen LogP contribution in [0.15, 0.2) is 48.5 Å². The van der Waals surface area contributed by atoms with E-state index in [0.717, 1.165) is 23.5 Å². The number of hydrogen-bond donors (Lipinski definition) is 0. The van der Waals surface area contributed by atoms with Gasteiger partial charge in [-0.15, -0.1) is 0 Å². The summed E-state index contributed by atoms with van der Waals surface area (Å²) in [5, 5.41) is 0. The van der Waals surface area contributed by atoms with Crippen LogP contribution in [-0.2, 0) is 13.0 Å². The van der Waals surface area contributed by atoms with Gasteiger partial charge in [0.25, 0.3) is 0 Å². The molecule has 0 atom stereocenters. The van der Waals surface area contributed by atoms with E-state index >= 15 is 0 Å². The number of aryl methyl sites for hydroxylation is 1. The highest BCUT2D eigenvalue weighted by molar-refractivity contribution is 5.29. The van der Waals surface area contributed by atoms with Gasteiger partial charge in [0.1, 0.15) is 18.1 Å². The monoisotopic (exact) mass is 354 g/mol. The second-order valence-corrected chi connectivity index (χ2v) is 7.03. The summed E-state index contributed by atoms with van der Waals surface area (Å²) in [5.41, 5.74) is 2.53. The van der Waals surface area contributed by atoms with Crippen molar-refractivity contribution in [2.24, 2.45) is 0 Å². The van der Waals surface area contributed by atoms with Gasteiger partial charge in [-0.2, -0.15) is 0 Å². The molecule has 1 aliphatic heterocycles. The zero-order valence-corrected chi connectivity index (χ0v) is 16.0. The van der Waals surface area contributed by atoms with Gasteiger partial charge in [-0.05, 0) is 61.8 Å². The maximum absolute atomic E-state index is 5.88. The van der Waals surface area contributed by atoms with E-state index in [1.165, 1.54) is 44.7 Å². The second kappa shape index (κ2) is 9.60. The van der Waals surface area contributed by atoms with Gasteiger partial charge in [-0.3, -0.25) is 0 Å². The molecule has 0 radical (unpaired) electrons. The molecule has 1 saturated heterocycles. The lowest BCUT2D eigenvalue weighted by Gasteiger charge is -2.32. The number of nitrogens with zero attached hydrogens (tertiary/aromatic N) is 2. The van der Waals surface area contributed by atoms with Crippen molar-refractivity contribution in [2.45, 2.75) is 19.4 Å². The minimum atomic E-state index is 0.576. The molecule has 0 aromatic heterocycles. The highest BCUT2D eigenvalue weighted by Gasteiger charge is 2.12. The normalized spacial score (nSPS) is 15.8. The van der Waals surface area contributed by atoms with Crippen molar-refractivity contribution in [1.82, 2.24) is 9.80 Å². The molecule has 0 amide bonds. The van der Waals surface area contributed by atoms with Crippen LogP contribution in [0.5, 0.6) is 11.5 Å². The molecule has 0 unspecified atom stereocenters. The molecule has 0 aliphatic carbocycles. The summed E-state index contributed by atoms with van der Waals surface area (Å²) in [7, 11) is 3.88. The molecule has 0 saturated carbocycles. The molecule has 0 N–H and O–H groups in total. The molecule has 4 nitrogen and oxygen atoms in total. The van der Waals surface area contributed by atoms with Crippen LogP contribution in [-0.4, -0.2) is 56.7 Å². The third-order valence-electron chi connectivity index (χ3n) is 5.02. The van der Waals surface area contributed by atoms with Gasteiger partial charge in [0, 0.05) is 26.2 Å². The van der Waals surface area contributed by atoms with E-state index in [1.807, 2.05) is 24.3 Å². The summed E-state index contributed by atoms with van der Waals surface area (Å²) in [4.78, 5) is 4.98. The van der Waals surface area contributed by atoms with Crippen LogP contribution in [0.4, 0.5) is 0 Å². The molecule has 0 spiro atoms. The Kier molecular flexibility index (Phi) is 6.92. The predicted octanol–water partition coefficient (Wildman–Crippen LogP) is 3.45. The fourth-order valence-electron chi connectivity index (χ4n) is 3.22. The molecule has 2 aromatic rings. The summed E-state index contributed by atoms with van der Waals surface area (Å²) in [6.07, 6.45) is 2.35. The number of likely N-dealkylation sites (N-methyl/N-ethyl adjacent to an activating group) is 1. The quantitative estimate of drug-likeness (QED) is 0.725. The fourth-order valence-corrected chi connectivity index (χ4v) is 3.22. The summed E-state index contributed by atoms with van der Waals surface area (Å²) < 4.78 is 11.1. The van der Waals surface area contributed by atoms with Crippen molar-refractivity contribution in [1.29, 1.82) is 0 Å². The van der Waals surface area contributed by atoms with Crippen molar-refractivity contribution in [3.63, 3.8) is 0 Å². The lowest BCUT2D eigenvalue weighted by molar-refractivity contribution is 0.153. The fraction of sp³-hybridized carbons (Fsp3) is 0.455. The number of methoxy groups -OCH3 is 1. The smallest absolute Gasteiger partial charge is 0.119 e. The van der Waals surface area contributed by atoms with E-state index in [1.54, 1.807) is 7.11 Å². The number of benzene rings is 2. The van der Waals surface area contributed by atoms with Crippen molar-refractivity contribution in [3.05, 3.63) is 59.7 Å². The summed E-state index contributed by atoms with van der Waals surface area (Å²) in [5.74, 6) is 1.79. The Morgan fingerprint density at radius 2 is 1.42 bits per heavy atom. The zero-order valence-electron chi connectivity index (χ0n) is 16.0. The first-order valence-corrected chi connectivity index (χ1v) is 9.48.